The van der Waals surface area contributed by atoms with Gasteiger partial charge in [-0.15, -0.1) is 11.3 Å². The van der Waals surface area contributed by atoms with E-state index in [9.17, 15) is 0 Å². The van der Waals surface area contributed by atoms with Crippen LogP contribution in [-0.4, -0.2) is 37.1 Å². The molecule has 2 aromatic heterocycles. The molecule has 3 rings (SSSR count). The number of aliphatic imine (C=N–C) groups is 1. The molecule has 0 aliphatic carbocycles. The Kier molecular flexibility index (Phi) is 6.15. The second-order valence-electron chi connectivity index (χ2n) is 6.03. The van der Waals surface area contributed by atoms with Gasteiger partial charge < -0.3 is 15.5 Å². The fourth-order valence-electron chi connectivity index (χ4n) is 2.95. The predicted octanol–water partition coefficient (Wildman–Crippen LogP) is 3.30. The third-order valence-electron chi connectivity index (χ3n) is 4.29. The van der Waals surface area contributed by atoms with E-state index in [1.54, 1.807) is 6.20 Å². The number of hydrogen-bond donors (Lipinski definition) is 2. The van der Waals surface area contributed by atoms with Crippen molar-refractivity contribution in [3.8, 4) is 0 Å². The van der Waals surface area contributed by atoms with Gasteiger partial charge in [0.15, 0.2) is 5.96 Å². The van der Waals surface area contributed by atoms with Gasteiger partial charge in [-0.25, -0.2) is 4.98 Å². The van der Waals surface area contributed by atoms with Crippen molar-refractivity contribution in [2.45, 2.75) is 32.4 Å². The quantitative estimate of drug-likeness (QED) is 0.620. The summed E-state index contributed by atoms with van der Waals surface area (Å²) in [5.41, 5.74) is 0. The van der Waals surface area contributed by atoms with Crippen molar-refractivity contribution in [3.63, 3.8) is 0 Å². The minimum atomic E-state index is 0.332. The smallest absolute Gasteiger partial charge is 0.191 e. The van der Waals surface area contributed by atoms with E-state index in [0.717, 1.165) is 44.3 Å². The zero-order valence-corrected chi connectivity index (χ0v) is 16.2. The first-order valence-corrected chi connectivity index (χ1v) is 9.79. The summed E-state index contributed by atoms with van der Waals surface area (Å²) in [6.07, 6.45) is 3.91. The van der Waals surface area contributed by atoms with Crippen molar-refractivity contribution in [2.24, 2.45) is 4.99 Å². The van der Waals surface area contributed by atoms with Crippen molar-refractivity contribution < 1.29 is 0 Å². The Balaban J connectivity index is 1.52. The van der Waals surface area contributed by atoms with Gasteiger partial charge in [-0.05, 0) is 37.1 Å². The van der Waals surface area contributed by atoms with Gasteiger partial charge in [-0.2, -0.15) is 0 Å². The van der Waals surface area contributed by atoms with Gasteiger partial charge in [0, 0.05) is 42.1 Å². The Morgan fingerprint density at radius 2 is 2.24 bits per heavy atom. The molecule has 1 fully saturated rings. The molecule has 1 aliphatic rings. The molecule has 134 valence electrons. The highest BCUT2D eigenvalue weighted by molar-refractivity contribution is 7.11. The Morgan fingerprint density at radius 3 is 2.96 bits per heavy atom. The topological polar surface area (TPSA) is 52.6 Å². The molecule has 1 aliphatic heterocycles. The Labute approximate surface area is 158 Å². The number of thiophene rings is 1. The molecule has 1 unspecified atom stereocenters. The monoisotopic (exact) mass is 377 g/mol. The standard InChI is InChI=1S/C18H24ClN5S/c1-3-14-6-7-15(25-14)11-22-18(20-2)23-13-8-10-24(12-13)17-16(19)5-4-9-21-17/h4-7,9,13H,3,8,10-12H2,1-2H3,(H2,20,22,23). The molecule has 0 bridgehead atoms. The summed E-state index contributed by atoms with van der Waals surface area (Å²) in [5.74, 6) is 1.70. The molecule has 0 aromatic carbocycles. The molecule has 0 radical (unpaired) electrons. The maximum absolute atomic E-state index is 6.26. The number of nitrogens with zero attached hydrogens (tertiary/aromatic N) is 3. The number of aryl methyl sites for hydroxylation is 1. The first-order chi connectivity index (χ1) is 12.2. The van der Waals surface area contributed by atoms with Gasteiger partial charge >= 0.3 is 0 Å². The van der Waals surface area contributed by atoms with E-state index in [0.29, 0.717) is 11.1 Å². The summed E-state index contributed by atoms with van der Waals surface area (Å²) in [5, 5.41) is 7.62. The lowest BCUT2D eigenvalue weighted by Gasteiger charge is -2.20. The summed E-state index contributed by atoms with van der Waals surface area (Å²) in [6, 6.07) is 8.46. The lowest BCUT2D eigenvalue weighted by atomic mass is 10.3. The van der Waals surface area contributed by atoms with Crippen LogP contribution >= 0.6 is 22.9 Å². The molecule has 25 heavy (non-hydrogen) atoms. The summed E-state index contributed by atoms with van der Waals surface area (Å²) in [7, 11) is 1.81. The molecule has 2 aromatic rings. The van der Waals surface area contributed by atoms with Gasteiger partial charge in [0.05, 0.1) is 11.6 Å². The maximum Gasteiger partial charge on any atom is 0.191 e. The van der Waals surface area contributed by atoms with Crippen molar-refractivity contribution in [3.05, 3.63) is 45.2 Å². The van der Waals surface area contributed by atoms with E-state index < -0.39 is 0 Å². The van der Waals surface area contributed by atoms with E-state index in [1.165, 1.54) is 9.75 Å². The lowest BCUT2D eigenvalue weighted by Crippen LogP contribution is -2.44. The molecule has 2 N–H and O–H groups in total. The van der Waals surface area contributed by atoms with E-state index in [2.05, 4.69) is 44.6 Å². The van der Waals surface area contributed by atoms with Crippen LogP contribution in [0.25, 0.3) is 0 Å². The molecule has 0 saturated carbocycles. The maximum atomic E-state index is 6.26. The van der Waals surface area contributed by atoms with Gasteiger partial charge in [-0.3, -0.25) is 4.99 Å². The van der Waals surface area contributed by atoms with Crippen LogP contribution in [0.4, 0.5) is 5.82 Å². The minimum Gasteiger partial charge on any atom is -0.353 e. The Morgan fingerprint density at radius 1 is 1.40 bits per heavy atom. The zero-order valence-electron chi connectivity index (χ0n) is 14.6. The number of aromatic nitrogens is 1. The van der Waals surface area contributed by atoms with Crippen LogP contribution in [0.3, 0.4) is 0 Å². The van der Waals surface area contributed by atoms with Gasteiger partial charge in [0.1, 0.15) is 5.82 Å². The number of nitrogens with one attached hydrogen (secondary N) is 2. The highest BCUT2D eigenvalue weighted by atomic mass is 35.5. The summed E-state index contributed by atoms with van der Waals surface area (Å²) < 4.78 is 0. The van der Waals surface area contributed by atoms with E-state index in [4.69, 9.17) is 11.6 Å². The molecule has 0 amide bonds. The number of anilines is 1. The van der Waals surface area contributed by atoms with Crippen molar-refractivity contribution >= 4 is 34.7 Å². The van der Waals surface area contributed by atoms with E-state index in [1.807, 2.05) is 30.5 Å². The molecule has 1 saturated heterocycles. The van der Waals surface area contributed by atoms with Crippen molar-refractivity contribution in [2.75, 3.05) is 25.0 Å². The summed E-state index contributed by atoms with van der Waals surface area (Å²) in [4.78, 5) is 13.7. The van der Waals surface area contributed by atoms with Crippen LogP contribution < -0.4 is 15.5 Å². The van der Waals surface area contributed by atoms with E-state index >= 15 is 0 Å². The molecule has 5 nitrogen and oxygen atoms in total. The highest BCUT2D eigenvalue weighted by Crippen LogP contribution is 2.25. The average molecular weight is 378 g/mol. The Bertz CT molecular complexity index is 730. The number of guanidine groups is 1. The van der Waals surface area contributed by atoms with Crippen LogP contribution in [0, 0.1) is 0 Å². The molecule has 0 spiro atoms. The summed E-state index contributed by atoms with van der Waals surface area (Å²) >= 11 is 8.11. The van der Waals surface area contributed by atoms with Crippen LogP contribution in [0.5, 0.6) is 0 Å². The third-order valence-corrected chi connectivity index (χ3v) is 5.81. The molecule has 3 heterocycles. The number of rotatable bonds is 5. The fraction of sp³-hybridized carbons (Fsp3) is 0.444. The third kappa shape index (κ3) is 4.64. The molecule has 1 atom stereocenters. The SMILES string of the molecule is CCc1ccc(CNC(=NC)NC2CCN(c3ncccc3Cl)C2)s1. The number of halogens is 1. The van der Waals surface area contributed by atoms with Gasteiger partial charge in [0.2, 0.25) is 0 Å². The second kappa shape index (κ2) is 8.54. The van der Waals surface area contributed by atoms with Crippen molar-refractivity contribution in [1.29, 1.82) is 0 Å². The van der Waals surface area contributed by atoms with Crippen LogP contribution in [0.2, 0.25) is 5.02 Å². The molecule has 7 heteroatoms. The normalized spacial score (nSPS) is 17.8. The highest BCUT2D eigenvalue weighted by Gasteiger charge is 2.25. The number of pyridine rings is 1. The van der Waals surface area contributed by atoms with E-state index in [-0.39, 0.29) is 0 Å². The molecular formula is C18H24ClN5S. The van der Waals surface area contributed by atoms with Crippen LogP contribution in [-0.2, 0) is 13.0 Å². The number of hydrogen-bond acceptors (Lipinski definition) is 4. The first kappa shape index (κ1) is 18.0. The second-order valence-corrected chi connectivity index (χ2v) is 7.69. The zero-order chi connectivity index (χ0) is 17.6. The summed E-state index contributed by atoms with van der Waals surface area (Å²) in [6.45, 7) is 4.79. The Hall–Kier alpha value is -1.79. The minimum absolute atomic E-state index is 0.332. The largest absolute Gasteiger partial charge is 0.353 e. The van der Waals surface area contributed by atoms with Gasteiger partial charge in [-0.1, -0.05) is 18.5 Å². The van der Waals surface area contributed by atoms with Gasteiger partial charge in [0.25, 0.3) is 0 Å². The molecular weight excluding hydrogens is 354 g/mol. The van der Waals surface area contributed by atoms with Crippen LogP contribution in [0.15, 0.2) is 35.5 Å². The van der Waals surface area contributed by atoms with Crippen LogP contribution in [0.1, 0.15) is 23.1 Å². The lowest BCUT2D eigenvalue weighted by molar-refractivity contribution is 0.649. The average Bonchev–Trinajstić information content (AvgIpc) is 3.28. The fourth-order valence-corrected chi connectivity index (χ4v) is 4.09. The predicted molar refractivity (Wildman–Crippen MR) is 107 cm³/mol. The first-order valence-electron chi connectivity index (χ1n) is 8.59. The van der Waals surface area contributed by atoms with Crippen molar-refractivity contribution in [1.82, 2.24) is 15.6 Å².